The minimum Gasteiger partial charge on any atom is -0.349 e. The Hall–Kier alpha value is -1.59. The Kier molecular flexibility index (Phi) is 3.16. The highest BCUT2D eigenvalue weighted by Crippen LogP contribution is 2.17. The monoisotopic (exact) mass is 278 g/mol. The van der Waals surface area contributed by atoms with Gasteiger partial charge in [-0.25, -0.2) is 4.98 Å². The van der Waals surface area contributed by atoms with Crippen LogP contribution in [0.4, 0.5) is 5.82 Å². The highest BCUT2D eigenvalue weighted by Gasteiger charge is 2.18. The van der Waals surface area contributed by atoms with Crippen LogP contribution in [0.1, 0.15) is 0 Å². The first-order valence-corrected chi connectivity index (χ1v) is 6.64. The smallest absolute Gasteiger partial charge is 0.291 e. The molecule has 2 heterocycles. The second-order valence-electron chi connectivity index (χ2n) is 4.84. The topological polar surface area (TPSA) is 52.2 Å². The summed E-state index contributed by atoms with van der Waals surface area (Å²) >= 11 is 5.91. The fourth-order valence-corrected chi connectivity index (χ4v) is 2.45. The van der Waals surface area contributed by atoms with Gasteiger partial charge in [-0.3, -0.25) is 4.79 Å². The van der Waals surface area contributed by atoms with E-state index in [-0.39, 0.29) is 5.56 Å². The van der Waals surface area contributed by atoms with Crippen molar-refractivity contribution in [3.05, 3.63) is 33.6 Å². The van der Waals surface area contributed by atoms with E-state index in [9.17, 15) is 4.79 Å². The van der Waals surface area contributed by atoms with Gasteiger partial charge in [0.25, 0.3) is 5.56 Å². The lowest BCUT2D eigenvalue weighted by atomic mass is 10.3. The molecule has 3 rings (SSSR count). The Morgan fingerprint density at radius 3 is 2.74 bits per heavy atom. The molecule has 1 aliphatic rings. The third-order valence-corrected chi connectivity index (χ3v) is 3.67. The molecule has 1 fully saturated rings. The summed E-state index contributed by atoms with van der Waals surface area (Å²) in [6.07, 6.45) is 0. The maximum absolute atomic E-state index is 12.1. The first-order valence-electron chi connectivity index (χ1n) is 6.26. The highest BCUT2D eigenvalue weighted by molar-refractivity contribution is 6.31. The summed E-state index contributed by atoms with van der Waals surface area (Å²) in [6.45, 7) is 3.54. The summed E-state index contributed by atoms with van der Waals surface area (Å²) in [5, 5.41) is 0.595. The largest absolute Gasteiger partial charge is 0.349 e. The Balaban J connectivity index is 2.02. The molecule has 0 unspecified atom stereocenters. The Labute approximate surface area is 115 Å². The van der Waals surface area contributed by atoms with Gasteiger partial charge in [-0.05, 0) is 25.2 Å². The zero-order chi connectivity index (χ0) is 13.4. The van der Waals surface area contributed by atoms with Crippen LogP contribution in [-0.4, -0.2) is 48.1 Å². The molecule has 100 valence electrons. The summed E-state index contributed by atoms with van der Waals surface area (Å²) in [5.74, 6) is 0.503. The van der Waals surface area contributed by atoms with E-state index in [4.69, 9.17) is 11.6 Å². The van der Waals surface area contributed by atoms with Gasteiger partial charge in [0.05, 0.1) is 11.0 Å². The molecule has 1 saturated heterocycles. The van der Waals surface area contributed by atoms with Gasteiger partial charge in [0, 0.05) is 31.2 Å². The number of likely N-dealkylation sites (N-methyl/N-ethyl adjacent to an activating group) is 1. The Morgan fingerprint density at radius 2 is 2.00 bits per heavy atom. The van der Waals surface area contributed by atoms with Crippen molar-refractivity contribution in [1.82, 2.24) is 14.9 Å². The second kappa shape index (κ2) is 4.83. The van der Waals surface area contributed by atoms with Crippen LogP contribution in [0.2, 0.25) is 5.02 Å². The molecule has 5 nitrogen and oxygen atoms in total. The number of rotatable bonds is 1. The zero-order valence-electron chi connectivity index (χ0n) is 10.7. The van der Waals surface area contributed by atoms with Gasteiger partial charge in [-0.15, -0.1) is 0 Å². The minimum absolute atomic E-state index is 0.153. The SMILES string of the molecule is CN1CCN(c2nc3ccc(Cl)cc3[nH]c2=O)CC1. The third kappa shape index (κ3) is 2.43. The van der Waals surface area contributed by atoms with Crippen molar-refractivity contribution in [2.24, 2.45) is 0 Å². The number of H-pyrrole nitrogens is 1. The molecular formula is C13H15ClN4O. The van der Waals surface area contributed by atoms with Crippen molar-refractivity contribution in [3.63, 3.8) is 0 Å². The molecule has 1 N–H and O–H groups in total. The molecule has 6 heteroatoms. The highest BCUT2D eigenvalue weighted by atomic mass is 35.5. The molecule has 0 atom stereocenters. The predicted octanol–water partition coefficient (Wildman–Crippen LogP) is 1.33. The summed E-state index contributed by atoms with van der Waals surface area (Å²) in [6, 6.07) is 5.33. The molecule has 0 bridgehead atoms. The number of hydrogen-bond donors (Lipinski definition) is 1. The predicted molar refractivity (Wildman–Crippen MR) is 77.1 cm³/mol. The van der Waals surface area contributed by atoms with Crippen molar-refractivity contribution in [2.45, 2.75) is 0 Å². The van der Waals surface area contributed by atoms with Gasteiger partial charge in [0.1, 0.15) is 0 Å². The number of fused-ring (bicyclic) bond motifs is 1. The summed E-state index contributed by atoms with van der Waals surface area (Å²) in [5.41, 5.74) is 1.28. The van der Waals surface area contributed by atoms with Gasteiger partial charge in [0.2, 0.25) is 0 Å². The van der Waals surface area contributed by atoms with Crippen molar-refractivity contribution >= 4 is 28.5 Å². The molecule has 0 saturated carbocycles. The first-order chi connectivity index (χ1) is 9.13. The molecule has 1 aliphatic heterocycles. The number of anilines is 1. The number of hydrogen-bond acceptors (Lipinski definition) is 4. The number of piperazine rings is 1. The number of nitrogens with zero attached hydrogens (tertiary/aromatic N) is 3. The molecule has 1 aromatic heterocycles. The van der Waals surface area contributed by atoms with Crippen LogP contribution < -0.4 is 10.5 Å². The van der Waals surface area contributed by atoms with Crippen LogP contribution in [0, 0.1) is 0 Å². The van der Waals surface area contributed by atoms with E-state index in [1.807, 2.05) is 11.0 Å². The number of aromatic amines is 1. The van der Waals surface area contributed by atoms with Crippen LogP contribution in [0.25, 0.3) is 11.0 Å². The molecule has 1 aromatic carbocycles. The van der Waals surface area contributed by atoms with E-state index in [1.54, 1.807) is 12.1 Å². The molecule has 0 radical (unpaired) electrons. The van der Waals surface area contributed by atoms with Crippen molar-refractivity contribution in [1.29, 1.82) is 0 Å². The van der Waals surface area contributed by atoms with Gasteiger partial charge in [0.15, 0.2) is 5.82 Å². The number of aromatic nitrogens is 2. The van der Waals surface area contributed by atoms with Gasteiger partial charge in [-0.1, -0.05) is 11.6 Å². The van der Waals surface area contributed by atoms with Crippen LogP contribution in [0.3, 0.4) is 0 Å². The second-order valence-corrected chi connectivity index (χ2v) is 5.28. The van der Waals surface area contributed by atoms with Gasteiger partial charge >= 0.3 is 0 Å². The van der Waals surface area contributed by atoms with E-state index >= 15 is 0 Å². The van der Waals surface area contributed by atoms with E-state index in [1.165, 1.54) is 0 Å². The summed E-state index contributed by atoms with van der Waals surface area (Å²) < 4.78 is 0. The molecule has 0 aliphatic carbocycles. The maximum atomic E-state index is 12.1. The maximum Gasteiger partial charge on any atom is 0.291 e. The van der Waals surface area contributed by atoms with Gasteiger partial charge < -0.3 is 14.8 Å². The average molecular weight is 279 g/mol. The number of halogens is 1. The normalized spacial score (nSPS) is 17.1. The quantitative estimate of drug-likeness (QED) is 0.855. The summed E-state index contributed by atoms with van der Waals surface area (Å²) in [7, 11) is 2.08. The first kappa shape index (κ1) is 12.4. The number of benzene rings is 1. The lowest BCUT2D eigenvalue weighted by Gasteiger charge is -2.32. The zero-order valence-corrected chi connectivity index (χ0v) is 11.4. The molecular weight excluding hydrogens is 264 g/mol. The van der Waals surface area contributed by atoms with E-state index in [2.05, 4.69) is 21.9 Å². The Bertz CT molecular complexity index is 661. The van der Waals surface area contributed by atoms with E-state index < -0.39 is 0 Å². The molecule has 2 aromatic rings. The number of nitrogens with one attached hydrogen (secondary N) is 1. The van der Waals surface area contributed by atoms with Crippen LogP contribution >= 0.6 is 11.6 Å². The van der Waals surface area contributed by atoms with E-state index in [0.717, 1.165) is 31.7 Å². The van der Waals surface area contributed by atoms with Crippen LogP contribution in [0.5, 0.6) is 0 Å². The fraction of sp³-hybridized carbons (Fsp3) is 0.385. The van der Waals surface area contributed by atoms with Crippen molar-refractivity contribution < 1.29 is 0 Å². The lowest BCUT2D eigenvalue weighted by Crippen LogP contribution is -2.46. The summed E-state index contributed by atoms with van der Waals surface area (Å²) in [4.78, 5) is 23.7. The van der Waals surface area contributed by atoms with E-state index in [0.29, 0.717) is 16.4 Å². The molecule has 0 spiro atoms. The van der Waals surface area contributed by atoms with Crippen molar-refractivity contribution in [2.75, 3.05) is 38.1 Å². The molecule has 19 heavy (non-hydrogen) atoms. The van der Waals surface area contributed by atoms with Crippen LogP contribution in [0.15, 0.2) is 23.0 Å². The Morgan fingerprint density at radius 1 is 1.26 bits per heavy atom. The van der Waals surface area contributed by atoms with Crippen molar-refractivity contribution in [3.8, 4) is 0 Å². The third-order valence-electron chi connectivity index (χ3n) is 3.44. The fourth-order valence-electron chi connectivity index (χ4n) is 2.28. The minimum atomic E-state index is -0.153. The average Bonchev–Trinajstić information content (AvgIpc) is 2.39. The standard InChI is InChI=1S/C13H15ClN4O/c1-17-4-6-18(7-5-17)12-13(19)16-11-8-9(14)2-3-10(11)15-12/h2-3,8H,4-7H2,1H3,(H,16,19). The molecule has 0 amide bonds. The van der Waals surface area contributed by atoms with Crippen LogP contribution in [-0.2, 0) is 0 Å². The van der Waals surface area contributed by atoms with Gasteiger partial charge in [-0.2, -0.15) is 0 Å². The lowest BCUT2D eigenvalue weighted by molar-refractivity contribution is 0.312.